The third-order valence-electron chi connectivity index (χ3n) is 4.14. The van der Waals surface area contributed by atoms with Crippen LogP contribution < -0.4 is 5.43 Å². The number of allylic oxidation sites excluding steroid dienone is 1. The van der Waals surface area contributed by atoms with Gasteiger partial charge in [-0.2, -0.15) is 0 Å². The Morgan fingerprint density at radius 3 is 2.81 bits per heavy atom. The van der Waals surface area contributed by atoms with Crippen molar-refractivity contribution in [3.05, 3.63) is 47.2 Å². The summed E-state index contributed by atoms with van der Waals surface area (Å²) in [6.07, 6.45) is 4.39. The molecule has 112 valence electrons. The van der Waals surface area contributed by atoms with E-state index in [0.29, 0.717) is 13.2 Å². The number of esters is 1. The number of hydrogen-bond acceptors (Lipinski definition) is 4. The van der Waals surface area contributed by atoms with Crippen molar-refractivity contribution in [3.8, 4) is 0 Å². The average molecular weight is 286 g/mol. The zero-order valence-corrected chi connectivity index (χ0v) is 12.5. The number of carbonyl (C=O) groups excluding carboxylic acids is 1. The Morgan fingerprint density at radius 1 is 1.29 bits per heavy atom. The molecule has 0 amide bonds. The van der Waals surface area contributed by atoms with E-state index in [1.165, 1.54) is 23.3 Å². The fourth-order valence-corrected chi connectivity index (χ4v) is 3.19. The Hall–Kier alpha value is -1.81. The minimum absolute atomic E-state index is 0.132. The number of benzene rings is 1. The Labute approximate surface area is 125 Å². The van der Waals surface area contributed by atoms with Crippen LogP contribution >= 0.6 is 0 Å². The fraction of sp³-hybridized carbons (Fsp3) is 0.471. The Kier molecular flexibility index (Phi) is 4.25. The highest BCUT2D eigenvalue weighted by Gasteiger charge is 2.39. The predicted molar refractivity (Wildman–Crippen MR) is 81.0 cm³/mol. The first-order valence-corrected chi connectivity index (χ1v) is 7.75. The molecule has 0 radical (unpaired) electrons. The summed E-state index contributed by atoms with van der Waals surface area (Å²) in [5.74, 6) is -0.132. The number of rotatable bonds is 4. The van der Waals surface area contributed by atoms with Gasteiger partial charge in [-0.15, -0.1) is 0 Å². The van der Waals surface area contributed by atoms with Crippen molar-refractivity contribution in [3.63, 3.8) is 0 Å². The van der Waals surface area contributed by atoms with E-state index < -0.39 is 0 Å². The highest BCUT2D eigenvalue weighted by Crippen LogP contribution is 2.33. The van der Waals surface area contributed by atoms with Crippen molar-refractivity contribution >= 4 is 5.97 Å². The third kappa shape index (κ3) is 2.95. The van der Waals surface area contributed by atoms with Gasteiger partial charge in [0.15, 0.2) is 0 Å². The van der Waals surface area contributed by atoms with Crippen LogP contribution in [-0.4, -0.2) is 23.6 Å². The molecule has 0 saturated heterocycles. The summed E-state index contributed by atoms with van der Waals surface area (Å²) >= 11 is 0. The van der Waals surface area contributed by atoms with E-state index >= 15 is 0 Å². The number of carbonyl (C=O) groups is 1. The number of hydrazine groups is 1. The molecule has 1 aromatic rings. The second kappa shape index (κ2) is 6.31. The van der Waals surface area contributed by atoms with Crippen LogP contribution in [0.5, 0.6) is 0 Å². The lowest BCUT2D eigenvalue weighted by Gasteiger charge is -2.25. The second-order valence-electron chi connectivity index (χ2n) is 5.59. The molecule has 21 heavy (non-hydrogen) atoms. The van der Waals surface area contributed by atoms with E-state index in [1.54, 1.807) is 0 Å². The van der Waals surface area contributed by atoms with Gasteiger partial charge < -0.3 is 10.2 Å². The molecule has 3 rings (SSSR count). The maximum Gasteiger partial charge on any atom is 0.329 e. The second-order valence-corrected chi connectivity index (χ2v) is 5.59. The van der Waals surface area contributed by atoms with Crippen LogP contribution in [0.3, 0.4) is 0 Å². The fourth-order valence-electron chi connectivity index (χ4n) is 3.19. The van der Waals surface area contributed by atoms with E-state index in [0.717, 1.165) is 19.3 Å². The van der Waals surface area contributed by atoms with Crippen LogP contribution in [0, 0.1) is 0 Å². The number of ether oxygens (including phenoxy) is 1. The average Bonchev–Trinajstić information content (AvgIpc) is 2.86. The molecule has 4 heteroatoms. The zero-order chi connectivity index (χ0) is 14.7. The quantitative estimate of drug-likeness (QED) is 0.864. The number of nitrogens with zero attached hydrogens (tertiary/aromatic N) is 1. The lowest BCUT2D eigenvalue weighted by atomic mass is 9.92. The Bertz CT molecular complexity index is 539. The maximum absolute atomic E-state index is 12.4. The van der Waals surface area contributed by atoms with Crippen molar-refractivity contribution in [2.24, 2.45) is 0 Å². The highest BCUT2D eigenvalue weighted by molar-refractivity contribution is 5.80. The van der Waals surface area contributed by atoms with Gasteiger partial charge in [-0.3, -0.25) is 0 Å². The lowest BCUT2D eigenvalue weighted by Crippen LogP contribution is -2.44. The molecular formula is C17H22N2O2. The van der Waals surface area contributed by atoms with E-state index in [-0.39, 0.29) is 12.0 Å². The molecule has 0 saturated carbocycles. The molecule has 0 bridgehead atoms. The molecular weight excluding hydrogens is 264 g/mol. The van der Waals surface area contributed by atoms with Gasteiger partial charge in [0.1, 0.15) is 6.04 Å². The molecule has 1 aliphatic carbocycles. The molecule has 1 aromatic carbocycles. The van der Waals surface area contributed by atoms with Gasteiger partial charge in [0.2, 0.25) is 0 Å². The molecule has 0 spiro atoms. The summed E-state index contributed by atoms with van der Waals surface area (Å²) < 4.78 is 5.29. The van der Waals surface area contributed by atoms with Gasteiger partial charge in [-0.05, 0) is 43.7 Å². The van der Waals surface area contributed by atoms with Gasteiger partial charge in [0, 0.05) is 12.2 Å². The first-order valence-electron chi connectivity index (χ1n) is 7.75. The minimum atomic E-state index is -0.263. The van der Waals surface area contributed by atoms with Crippen LogP contribution in [0.25, 0.3) is 0 Å². The van der Waals surface area contributed by atoms with Crippen LogP contribution in [-0.2, 0) is 16.1 Å². The van der Waals surface area contributed by atoms with Crippen LogP contribution in [0.1, 0.15) is 38.2 Å². The Morgan fingerprint density at radius 2 is 2.05 bits per heavy atom. The largest absolute Gasteiger partial charge is 0.465 e. The zero-order valence-electron chi connectivity index (χ0n) is 12.5. The Balaban J connectivity index is 1.81. The smallest absolute Gasteiger partial charge is 0.329 e. The predicted octanol–water partition coefficient (Wildman–Crippen LogP) is 2.77. The van der Waals surface area contributed by atoms with Crippen molar-refractivity contribution < 1.29 is 9.53 Å². The van der Waals surface area contributed by atoms with Gasteiger partial charge >= 0.3 is 5.97 Å². The third-order valence-corrected chi connectivity index (χ3v) is 4.14. The monoisotopic (exact) mass is 286 g/mol. The van der Waals surface area contributed by atoms with E-state index in [2.05, 4.69) is 17.6 Å². The van der Waals surface area contributed by atoms with E-state index in [4.69, 9.17) is 4.74 Å². The topological polar surface area (TPSA) is 41.6 Å². The maximum atomic E-state index is 12.4. The molecule has 4 nitrogen and oxygen atoms in total. The van der Waals surface area contributed by atoms with Gasteiger partial charge in [-0.25, -0.2) is 9.80 Å². The number of hydrogen-bond donors (Lipinski definition) is 1. The molecule has 0 aromatic heterocycles. The SMILES string of the molecule is CCOC(=O)C1C2=C(CCCC2)NN1Cc1ccccc1. The summed E-state index contributed by atoms with van der Waals surface area (Å²) in [6, 6.07) is 9.96. The standard InChI is InChI=1S/C17H22N2O2/c1-2-21-17(20)16-14-10-6-7-11-15(14)18-19(16)12-13-8-4-3-5-9-13/h3-5,8-9,16,18H,2,6-7,10-12H2,1H3. The highest BCUT2D eigenvalue weighted by atomic mass is 16.5. The molecule has 1 N–H and O–H groups in total. The minimum Gasteiger partial charge on any atom is -0.465 e. The molecule has 1 unspecified atom stereocenters. The summed E-state index contributed by atoms with van der Waals surface area (Å²) in [7, 11) is 0. The normalized spacial score (nSPS) is 21.9. The van der Waals surface area contributed by atoms with Crippen LogP contribution in [0.2, 0.25) is 0 Å². The van der Waals surface area contributed by atoms with Crippen molar-refractivity contribution in [2.45, 2.75) is 45.2 Å². The van der Waals surface area contributed by atoms with Gasteiger partial charge in [0.05, 0.1) is 6.61 Å². The van der Waals surface area contributed by atoms with Crippen molar-refractivity contribution in [1.82, 2.24) is 10.4 Å². The van der Waals surface area contributed by atoms with E-state index in [1.807, 2.05) is 30.1 Å². The van der Waals surface area contributed by atoms with Crippen molar-refractivity contribution in [1.29, 1.82) is 0 Å². The van der Waals surface area contributed by atoms with Crippen molar-refractivity contribution in [2.75, 3.05) is 6.61 Å². The number of nitrogens with one attached hydrogen (secondary N) is 1. The van der Waals surface area contributed by atoms with Crippen LogP contribution in [0.4, 0.5) is 0 Å². The lowest BCUT2D eigenvalue weighted by molar-refractivity contribution is -0.148. The summed E-state index contributed by atoms with van der Waals surface area (Å²) in [4.78, 5) is 12.4. The molecule has 1 heterocycles. The van der Waals surface area contributed by atoms with Crippen LogP contribution in [0.15, 0.2) is 41.6 Å². The van der Waals surface area contributed by atoms with Gasteiger partial charge in [-0.1, -0.05) is 30.3 Å². The van der Waals surface area contributed by atoms with Gasteiger partial charge in [0.25, 0.3) is 0 Å². The first-order chi connectivity index (χ1) is 10.3. The summed E-state index contributed by atoms with van der Waals surface area (Å²) in [6.45, 7) is 2.99. The molecule has 2 aliphatic rings. The molecule has 1 atom stereocenters. The summed E-state index contributed by atoms with van der Waals surface area (Å²) in [5.41, 5.74) is 7.10. The van der Waals surface area contributed by atoms with E-state index in [9.17, 15) is 4.79 Å². The first kappa shape index (κ1) is 14.1. The molecule has 1 aliphatic heterocycles. The molecule has 0 fully saturated rings. The summed E-state index contributed by atoms with van der Waals surface area (Å²) in [5, 5.41) is 2.03.